The van der Waals surface area contributed by atoms with E-state index in [1.165, 1.54) is 9.80 Å². The number of carbonyl (C=O) groups is 6. The van der Waals surface area contributed by atoms with Crippen molar-refractivity contribution in [2.45, 2.75) is 121 Å². The van der Waals surface area contributed by atoms with Crippen LogP contribution in [0.2, 0.25) is 0 Å². The maximum atomic E-state index is 13.6. The summed E-state index contributed by atoms with van der Waals surface area (Å²) in [6.07, 6.45) is 5.50. The van der Waals surface area contributed by atoms with Gasteiger partial charge in [-0.3, -0.25) is 24.0 Å². The lowest BCUT2D eigenvalue weighted by molar-refractivity contribution is -0.145. The van der Waals surface area contributed by atoms with Crippen LogP contribution in [0.1, 0.15) is 84.5 Å². The van der Waals surface area contributed by atoms with Crippen LogP contribution in [0.25, 0.3) is 0 Å². The van der Waals surface area contributed by atoms with Crippen molar-refractivity contribution in [1.82, 2.24) is 25.8 Å². The molecule has 15 nitrogen and oxygen atoms in total. The fourth-order valence-electron chi connectivity index (χ4n) is 6.10. The van der Waals surface area contributed by atoms with Crippen molar-refractivity contribution in [3.05, 3.63) is 0 Å². The number of thiol groups is 1. The smallest absolute Gasteiger partial charge is 0.326 e. The summed E-state index contributed by atoms with van der Waals surface area (Å²) < 4.78 is 0. The molecule has 5 amide bonds. The molecule has 0 bridgehead atoms. The third-order valence-corrected chi connectivity index (χ3v) is 9.03. The summed E-state index contributed by atoms with van der Waals surface area (Å²) in [5, 5.41) is 17.6. The van der Waals surface area contributed by atoms with Gasteiger partial charge in [0.1, 0.15) is 30.2 Å². The number of rotatable bonds is 20. The van der Waals surface area contributed by atoms with Crippen LogP contribution in [-0.4, -0.2) is 119 Å². The van der Waals surface area contributed by atoms with Gasteiger partial charge in [-0.2, -0.15) is 12.6 Å². The molecule has 47 heavy (non-hydrogen) atoms. The highest BCUT2D eigenvalue weighted by molar-refractivity contribution is 7.80. The van der Waals surface area contributed by atoms with Crippen LogP contribution in [-0.2, 0) is 28.8 Å². The number of nitrogens with two attached hydrogens (primary N) is 3. The van der Waals surface area contributed by atoms with Crippen molar-refractivity contribution in [2.75, 3.05) is 31.9 Å². The normalized spacial score (nSPS) is 20.4. The Morgan fingerprint density at radius 1 is 0.766 bits per heavy atom. The van der Waals surface area contributed by atoms with Crippen molar-refractivity contribution in [2.24, 2.45) is 23.1 Å². The van der Waals surface area contributed by atoms with E-state index in [1.807, 2.05) is 13.8 Å². The van der Waals surface area contributed by atoms with Gasteiger partial charge in [-0.1, -0.05) is 20.3 Å². The maximum Gasteiger partial charge on any atom is 0.326 e. The molecule has 2 heterocycles. The molecule has 2 rings (SSSR count). The number of carbonyl (C=O) groups excluding carboxylic acids is 5. The quantitative estimate of drug-likeness (QED) is 0.0578. The molecule has 2 aliphatic rings. The number of aliphatic carboxylic acids is 1. The van der Waals surface area contributed by atoms with Crippen molar-refractivity contribution in [3.8, 4) is 0 Å². The highest BCUT2D eigenvalue weighted by Gasteiger charge is 2.40. The van der Waals surface area contributed by atoms with Gasteiger partial charge in [0.2, 0.25) is 29.5 Å². The van der Waals surface area contributed by atoms with Crippen LogP contribution in [0.4, 0.5) is 0 Å². The number of carboxylic acid groups (broad SMARTS) is 1. The van der Waals surface area contributed by atoms with Gasteiger partial charge in [-0.25, -0.2) is 4.79 Å². The predicted octanol–water partition coefficient (Wildman–Crippen LogP) is -0.931. The Balaban J connectivity index is 2.09. The van der Waals surface area contributed by atoms with Crippen LogP contribution in [0.3, 0.4) is 0 Å². The number of nitrogens with zero attached hydrogens (tertiary/aromatic N) is 2. The van der Waals surface area contributed by atoms with Gasteiger partial charge in [0.25, 0.3) is 0 Å². The summed E-state index contributed by atoms with van der Waals surface area (Å²) >= 11 is 4.30. The van der Waals surface area contributed by atoms with E-state index in [2.05, 4.69) is 28.6 Å². The van der Waals surface area contributed by atoms with E-state index >= 15 is 0 Å². The number of carboxylic acids is 1. The number of nitrogens with one attached hydrogen (secondary N) is 3. The van der Waals surface area contributed by atoms with Gasteiger partial charge in [-0.15, -0.1) is 0 Å². The summed E-state index contributed by atoms with van der Waals surface area (Å²) in [4.78, 5) is 81.3. The molecule has 0 aliphatic carbocycles. The third-order valence-electron chi connectivity index (χ3n) is 8.66. The molecule has 268 valence electrons. The second-order valence-electron chi connectivity index (χ2n) is 12.9. The molecular formula is C31H56N8O7S. The first-order chi connectivity index (χ1) is 22.4. The monoisotopic (exact) mass is 684 g/mol. The number of unbranched alkanes of at least 4 members (excludes halogenated alkanes) is 2. The minimum absolute atomic E-state index is 0.00664. The van der Waals surface area contributed by atoms with Gasteiger partial charge in [0.05, 0.1) is 6.04 Å². The molecule has 6 atom stereocenters. The molecule has 0 unspecified atom stereocenters. The van der Waals surface area contributed by atoms with E-state index in [0.29, 0.717) is 71.0 Å². The molecule has 0 aromatic heterocycles. The summed E-state index contributed by atoms with van der Waals surface area (Å²) in [6, 6.07) is -5.59. The van der Waals surface area contributed by atoms with Gasteiger partial charge in [0, 0.05) is 18.8 Å². The zero-order chi connectivity index (χ0) is 35.1. The summed E-state index contributed by atoms with van der Waals surface area (Å²) in [5.74, 6) is -3.67. The van der Waals surface area contributed by atoms with Crippen molar-refractivity contribution < 1.29 is 33.9 Å². The van der Waals surface area contributed by atoms with Crippen LogP contribution in [0, 0.1) is 5.92 Å². The average Bonchev–Trinajstić information content (AvgIpc) is 3.72. The SMILES string of the molecule is CC(C)C[C@H](NC(=O)[C@@H]1CCCN1C(=O)[C@@H](N)CCCCN)C(=O)N[C@@H](CS)C(=O)N1CCC[C@H]1C(=O)N[C@@H](CCCCN)C(=O)O. The standard InChI is InChI=1S/C31H56N8O7S/c1-19(2)17-22(36-28(42)24-11-7-15-38(24)29(43)20(34)9-3-5-13-32)26(40)37-23(18-47)30(44)39-16-8-12-25(39)27(41)35-21(31(45)46)10-4-6-14-33/h19-25,47H,3-18,32-34H2,1-2H3,(H,35,41)(H,36,42)(H,37,40)(H,45,46)/t20-,21-,22-,23-,24-,25-/m0/s1. The number of hydrogen-bond acceptors (Lipinski definition) is 10. The van der Waals surface area contributed by atoms with E-state index in [0.717, 1.165) is 6.42 Å². The Morgan fingerprint density at radius 3 is 1.77 bits per heavy atom. The summed E-state index contributed by atoms with van der Waals surface area (Å²) in [7, 11) is 0. The molecule has 10 N–H and O–H groups in total. The minimum atomic E-state index is -1.17. The highest BCUT2D eigenvalue weighted by atomic mass is 32.1. The molecule has 0 spiro atoms. The summed E-state index contributed by atoms with van der Waals surface area (Å²) in [6.45, 7) is 5.36. The van der Waals surface area contributed by atoms with Crippen LogP contribution in [0.15, 0.2) is 0 Å². The zero-order valence-corrected chi connectivity index (χ0v) is 28.7. The van der Waals surface area contributed by atoms with E-state index < -0.39 is 65.8 Å². The van der Waals surface area contributed by atoms with Crippen molar-refractivity contribution in [3.63, 3.8) is 0 Å². The second kappa shape index (κ2) is 20.4. The third kappa shape index (κ3) is 12.2. The van der Waals surface area contributed by atoms with E-state index in [-0.39, 0.29) is 37.0 Å². The fourth-order valence-corrected chi connectivity index (χ4v) is 6.35. The first kappa shape index (κ1) is 40.2. The minimum Gasteiger partial charge on any atom is -0.480 e. The number of likely N-dealkylation sites (tertiary alicyclic amines) is 2. The largest absolute Gasteiger partial charge is 0.480 e. The Hall–Kier alpha value is -2.95. The number of amides is 5. The maximum absolute atomic E-state index is 13.6. The lowest BCUT2D eigenvalue weighted by Crippen LogP contribution is -2.59. The molecule has 0 aromatic rings. The Bertz CT molecular complexity index is 1080. The van der Waals surface area contributed by atoms with Crippen LogP contribution in [0.5, 0.6) is 0 Å². The van der Waals surface area contributed by atoms with Crippen LogP contribution < -0.4 is 33.2 Å². The Labute approximate surface area is 283 Å². The molecule has 2 fully saturated rings. The summed E-state index contributed by atoms with van der Waals surface area (Å²) in [5.41, 5.74) is 17.2. The molecular weight excluding hydrogens is 628 g/mol. The van der Waals surface area contributed by atoms with E-state index in [4.69, 9.17) is 17.2 Å². The van der Waals surface area contributed by atoms with Gasteiger partial charge >= 0.3 is 5.97 Å². The second-order valence-corrected chi connectivity index (χ2v) is 13.3. The van der Waals surface area contributed by atoms with Crippen molar-refractivity contribution >= 4 is 48.1 Å². The molecule has 0 aromatic carbocycles. The topological polar surface area (TPSA) is 243 Å². The zero-order valence-electron chi connectivity index (χ0n) is 27.8. The molecule has 2 aliphatic heterocycles. The Morgan fingerprint density at radius 2 is 1.28 bits per heavy atom. The average molecular weight is 685 g/mol. The molecule has 2 saturated heterocycles. The molecule has 0 radical (unpaired) electrons. The predicted molar refractivity (Wildman–Crippen MR) is 180 cm³/mol. The Kier molecular flexibility index (Phi) is 17.5. The van der Waals surface area contributed by atoms with Crippen LogP contribution >= 0.6 is 12.6 Å². The lowest BCUT2D eigenvalue weighted by Gasteiger charge is -2.31. The van der Waals surface area contributed by atoms with E-state index in [9.17, 15) is 33.9 Å². The van der Waals surface area contributed by atoms with Gasteiger partial charge < -0.3 is 48.1 Å². The first-order valence-electron chi connectivity index (χ1n) is 16.9. The fraction of sp³-hybridized carbons (Fsp3) is 0.806. The number of hydrogen-bond donors (Lipinski definition) is 8. The van der Waals surface area contributed by atoms with Gasteiger partial charge in [-0.05, 0) is 83.2 Å². The molecule has 0 saturated carbocycles. The highest BCUT2D eigenvalue weighted by Crippen LogP contribution is 2.22. The van der Waals surface area contributed by atoms with Crippen molar-refractivity contribution in [1.29, 1.82) is 0 Å². The first-order valence-corrected chi connectivity index (χ1v) is 17.5. The molecule has 16 heteroatoms. The lowest BCUT2D eigenvalue weighted by atomic mass is 10.0. The van der Waals surface area contributed by atoms with Gasteiger partial charge in [0.15, 0.2) is 0 Å². The van der Waals surface area contributed by atoms with E-state index in [1.54, 1.807) is 0 Å².